The summed E-state index contributed by atoms with van der Waals surface area (Å²) in [4.78, 5) is 40.2. The molecule has 2 amide bonds. The van der Waals surface area contributed by atoms with Gasteiger partial charge in [0.15, 0.2) is 5.82 Å². The van der Waals surface area contributed by atoms with E-state index < -0.39 is 4.92 Å². The Morgan fingerprint density at radius 1 is 1.23 bits per heavy atom. The fourth-order valence-corrected chi connectivity index (χ4v) is 3.17. The summed E-state index contributed by atoms with van der Waals surface area (Å²) in [5.41, 5.74) is 0. The summed E-state index contributed by atoms with van der Waals surface area (Å²) in [6, 6.07) is 0. The number of aromatic nitrogens is 2. The number of hydrogen-bond donors (Lipinski definition) is 0. The van der Waals surface area contributed by atoms with Gasteiger partial charge in [-0.15, -0.1) is 0 Å². The van der Waals surface area contributed by atoms with Crippen molar-refractivity contribution in [3.8, 4) is 0 Å². The van der Waals surface area contributed by atoms with Crippen LogP contribution in [0.15, 0.2) is 18.3 Å². The maximum Gasteiger partial charge on any atom is 0.342 e. The fraction of sp³-hybridized carbons (Fsp3) is 0.500. The number of amides is 2. The second kappa shape index (κ2) is 5.36. The van der Waals surface area contributed by atoms with Crippen molar-refractivity contribution < 1.29 is 14.5 Å². The molecule has 1 aliphatic heterocycles. The van der Waals surface area contributed by atoms with Crippen LogP contribution in [0.3, 0.4) is 0 Å². The molecule has 2 aliphatic rings. The Morgan fingerprint density at radius 3 is 2.36 bits per heavy atom. The Kier molecular flexibility index (Phi) is 3.51. The smallest absolute Gasteiger partial charge is 0.342 e. The molecule has 2 unspecified atom stereocenters. The van der Waals surface area contributed by atoms with Crippen LogP contribution < -0.4 is 0 Å². The zero-order valence-electron chi connectivity index (χ0n) is 12.1. The minimum Gasteiger partial charge on any atom is -0.358 e. The number of imidazole rings is 1. The number of carbonyl (C=O) groups is 2. The standard InChI is InChI=1S/C14H16N4O4/c1-9-15-8-12(18(21)22)16(9)6-7-17-13(19)10-4-2-3-5-11(10)14(17)20/h2-3,8,10-11H,4-7H2,1H3. The van der Waals surface area contributed by atoms with Crippen molar-refractivity contribution in [1.82, 2.24) is 14.5 Å². The summed E-state index contributed by atoms with van der Waals surface area (Å²) in [6.07, 6.45) is 6.24. The van der Waals surface area contributed by atoms with E-state index in [2.05, 4.69) is 4.98 Å². The second-order valence-electron chi connectivity index (χ2n) is 5.56. The number of allylic oxidation sites excluding steroid dienone is 2. The molecule has 3 rings (SSSR count). The van der Waals surface area contributed by atoms with Crippen molar-refractivity contribution in [1.29, 1.82) is 0 Å². The normalized spacial score (nSPS) is 24.0. The first-order valence-electron chi connectivity index (χ1n) is 7.17. The Morgan fingerprint density at radius 2 is 1.82 bits per heavy atom. The molecule has 2 atom stereocenters. The quantitative estimate of drug-likeness (QED) is 0.358. The largest absolute Gasteiger partial charge is 0.358 e. The Hall–Kier alpha value is -2.51. The van der Waals surface area contributed by atoms with Crippen molar-refractivity contribution in [2.45, 2.75) is 26.3 Å². The molecule has 1 fully saturated rings. The molecular weight excluding hydrogens is 288 g/mol. The summed E-state index contributed by atoms with van der Waals surface area (Å²) < 4.78 is 1.42. The number of hydrogen-bond acceptors (Lipinski definition) is 5. The van der Waals surface area contributed by atoms with Crippen molar-refractivity contribution in [2.75, 3.05) is 6.54 Å². The maximum absolute atomic E-state index is 12.3. The summed E-state index contributed by atoms with van der Waals surface area (Å²) in [5.74, 6) is -0.507. The van der Waals surface area contributed by atoms with E-state index in [9.17, 15) is 19.7 Å². The average Bonchev–Trinajstić information content (AvgIpc) is 2.98. The minimum absolute atomic E-state index is 0.129. The molecule has 8 nitrogen and oxygen atoms in total. The van der Waals surface area contributed by atoms with Crippen LogP contribution in [0, 0.1) is 28.9 Å². The lowest BCUT2D eigenvalue weighted by atomic mass is 9.85. The van der Waals surface area contributed by atoms with Crippen LogP contribution in [0.2, 0.25) is 0 Å². The van der Waals surface area contributed by atoms with Gasteiger partial charge in [-0.2, -0.15) is 0 Å². The topological polar surface area (TPSA) is 98.3 Å². The van der Waals surface area contributed by atoms with E-state index in [0.717, 1.165) is 0 Å². The summed E-state index contributed by atoms with van der Waals surface area (Å²) in [5, 5.41) is 11.0. The predicted octanol–water partition coefficient (Wildman–Crippen LogP) is 1.05. The molecule has 116 valence electrons. The van der Waals surface area contributed by atoms with Crippen LogP contribution in [0.4, 0.5) is 5.82 Å². The van der Waals surface area contributed by atoms with Crippen LogP contribution in [0.1, 0.15) is 18.7 Å². The number of fused-ring (bicyclic) bond motifs is 1. The third-order valence-corrected chi connectivity index (χ3v) is 4.37. The van der Waals surface area contributed by atoms with Crippen LogP contribution >= 0.6 is 0 Å². The second-order valence-corrected chi connectivity index (χ2v) is 5.56. The molecular formula is C14H16N4O4. The average molecular weight is 304 g/mol. The summed E-state index contributed by atoms with van der Waals surface area (Å²) in [7, 11) is 0. The minimum atomic E-state index is -0.517. The van der Waals surface area contributed by atoms with Crippen molar-refractivity contribution in [3.63, 3.8) is 0 Å². The molecule has 1 aromatic heterocycles. The molecule has 0 radical (unpaired) electrons. The van der Waals surface area contributed by atoms with Crippen LogP contribution in [0.5, 0.6) is 0 Å². The van der Waals surface area contributed by atoms with E-state index in [1.54, 1.807) is 6.92 Å². The molecule has 0 spiro atoms. The highest BCUT2D eigenvalue weighted by atomic mass is 16.6. The predicted molar refractivity (Wildman–Crippen MR) is 75.7 cm³/mol. The highest BCUT2D eigenvalue weighted by Gasteiger charge is 2.47. The number of carbonyl (C=O) groups excluding carboxylic acids is 2. The van der Waals surface area contributed by atoms with Gasteiger partial charge in [-0.3, -0.25) is 14.5 Å². The van der Waals surface area contributed by atoms with Gasteiger partial charge in [-0.1, -0.05) is 12.2 Å². The lowest BCUT2D eigenvalue weighted by Gasteiger charge is -2.14. The Balaban J connectivity index is 1.75. The van der Waals surface area contributed by atoms with Crippen LogP contribution in [0.25, 0.3) is 0 Å². The number of rotatable bonds is 4. The number of likely N-dealkylation sites (tertiary alicyclic amines) is 1. The lowest BCUT2D eigenvalue weighted by Crippen LogP contribution is -2.34. The number of aryl methyl sites for hydroxylation is 1. The summed E-state index contributed by atoms with van der Waals surface area (Å²) in [6.45, 7) is 1.99. The number of nitrogens with zero attached hydrogens (tertiary/aromatic N) is 4. The molecule has 22 heavy (non-hydrogen) atoms. The monoisotopic (exact) mass is 304 g/mol. The molecule has 1 aromatic rings. The van der Waals surface area contributed by atoms with Gasteiger partial charge in [0.25, 0.3) is 0 Å². The Labute approximate surface area is 126 Å². The van der Waals surface area contributed by atoms with E-state index in [0.29, 0.717) is 18.7 Å². The first kappa shape index (κ1) is 14.4. The van der Waals surface area contributed by atoms with E-state index in [-0.39, 0.29) is 42.6 Å². The van der Waals surface area contributed by atoms with Gasteiger partial charge in [0, 0.05) is 6.92 Å². The molecule has 2 heterocycles. The number of nitro groups is 1. The first-order valence-corrected chi connectivity index (χ1v) is 7.17. The van der Waals surface area contributed by atoms with Crippen molar-refractivity contribution in [2.24, 2.45) is 11.8 Å². The molecule has 1 aliphatic carbocycles. The van der Waals surface area contributed by atoms with E-state index in [1.165, 1.54) is 15.7 Å². The lowest BCUT2D eigenvalue weighted by molar-refractivity contribution is -0.392. The highest BCUT2D eigenvalue weighted by molar-refractivity contribution is 6.05. The molecule has 1 saturated heterocycles. The van der Waals surface area contributed by atoms with Crippen molar-refractivity contribution in [3.05, 3.63) is 34.3 Å². The molecule has 0 aromatic carbocycles. The number of imide groups is 1. The van der Waals surface area contributed by atoms with Gasteiger partial charge in [-0.05, 0) is 17.8 Å². The van der Waals surface area contributed by atoms with Gasteiger partial charge in [0.1, 0.15) is 12.7 Å². The molecule has 0 saturated carbocycles. The van der Waals surface area contributed by atoms with Gasteiger partial charge >= 0.3 is 5.82 Å². The fourth-order valence-electron chi connectivity index (χ4n) is 3.17. The van der Waals surface area contributed by atoms with Gasteiger partial charge in [-0.25, -0.2) is 9.55 Å². The molecule has 0 bridgehead atoms. The van der Waals surface area contributed by atoms with Gasteiger partial charge < -0.3 is 10.1 Å². The third kappa shape index (κ3) is 2.20. The van der Waals surface area contributed by atoms with Crippen LogP contribution in [-0.4, -0.2) is 37.7 Å². The molecule has 0 N–H and O–H groups in total. The van der Waals surface area contributed by atoms with Gasteiger partial charge in [0.05, 0.1) is 18.4 Å². The molecule has 8 heteroatoms. The Bertz CT molecular complexity index is 652. The summed E-state index contributed by atoms with van der Waals surface area (Å²) >= 11 is 0. The van der Waals surface area contributed by atoms with E-state index >= 15 is 0 Å². The zero-order valence-corrected chi connectivity index (χ0v) is 12.1. The highest BCUT2D eigenvalue weighted by Crippen LogP contribution is 2.35. The van der Waals surface area contributed by atoms with E-state index in [4.69, 9.17) is 0 Å². The van der Waals surface area contributed by atoms with Crippen molar-refractivity contribution >= 4 is 17.6 Å². The third-order valence-electron chi connectivity index (χ3n) is 4.37. The van der Waals surface area contributed by atoms with E-state index in [1.807, 2.05) is 12.2 Å². The van der Waals surface area contributed by atoms with Gasteiger partial charge in [0.2, 0.25) is 11.8 Å². The SMILES string of the molecule is Cc1ncc([N+](=O)[O-])n1CCN1C(=O)C2CC=CCC2C1=O. The van der Waals surface area contributed by atoms with Crippen LogP contribution in [-0.2, 0) is 16.1 Å². The first-order chi connectivity index (χ1) is 10.5. The maximum atomic E-state index is 12.3. The zero-order chi connectivity index (χ0) is 15.9.